The Morgan fingerprint density at radius 1 is 0.857 bits per heavy atom. The molecule has 0 spiro atoms. The van der Waals surface area contributed by atoms with Crippen molar-refractivity contribution in [1.82, 2.24) is 0 Å². The fourth-order valence-corrected chi connectivity index (χ4v) is 3.82. The van der Waals surface area contributed by atoms with E-state index in [0.29, 0.717) is 0 Å². The molecule has 0 unspecified atom stereocenters. The fourth-order valence-electron chi connectivity index (χ4n) is 3.82. The van der Waals surface area contributed by atoms with E-state index < -0.39 is 0 Å². The second-order valence-electron chi connectivity index (χ2n) is 6.05. The Bertz CT molecular complexity index is 846. The number of benzene rings is 2. The van der Waals surface area contributed by atoms with Crippen LogP contribution in [0.2, 0.25) is 0 Å². The van der Waals surface area contributed by atoms with Crippen LogP contribution in [0.3, 0.4) is 0 Å². The highest BCUT2D eigenvalue weighted by Crippen LogP contribution is 2.34. The summed E-state index contributed by atoms with van der Waals surface area (Å²) in [5, 5.41) is 2.83. The minimum atomic E-state index is 1.20. The first-order chi connectivity index (χ1) is 10.3. The van der Waals surface area contributed by atoms with Crippen molar-refractivity contribution in [3.63, 3.8) is 0 Å². The number of rotatable bonds is 1. The monoisotopic (exact) mass is 274 g/mol. The lowest BCUT2D eigenvalue weighted by molar-refractivity contribution is -0.666. The third-order valence-electron chi connectivity index (χ3n) is 4.84. The highest BCUT2D eigenvalue weighted by molar-refractivity contribution is 5.96. The first-order valence-corrected chi connectivity index (χ1v) is 7.76. The molecular weight excluding hydrogens is 254 g/mol. The molecule has 0 aliphatic heterocycles. The molecule has 0 atom stereocenters. The third kappa shape index (κ3) is 1.80. The van der Waals surface area contributed by atoms with Crippen molar-refractivity contribution >= 4 is 10.8 Å². The van der Waals surface area contributed by atoms with Crippen LogP contribution in [-0.2, 0) is 19.9 Å². The molecule has 1 aliphatic rings. The van der Waals surface area contributed by atoms with Gasteiger partial charge in [0.05, 0.1) is 5.39 Å². The van der Waals surface area contributed by atoms with Crippen LogP contribution in [0.1, 0.15) is 23.2 Å². The van der Waals surface area contributed by atoms with Crippen molar-refractivity contribution in [2.24, 2.45) is 7.05 Å². The van der Waals surface area contributed by atoms with E-state index >= 15 is 0 Å². The zero-order valence-corrected chi connectivity index (χ0v) is 12.7. The summed E-state index contributed by atoms with van der Waals surface area (Å²) in [5.74, 6) is 0. The summed E-state index contributed by atoms with van der Waals surface area (Å²) in [6.45, 7) is 2.21. The summed E-state index contributed by atoms with van der Waals surface area (Å²) in [7, 11) is 2.23. The van der Waals surface area contributed by atoms with E-state index in [1.807, 2.05) is 0 Å². The predicted molar refractivity (Wildman–Crippen MR) is 87.3 cm³/mol. The number of hydrogen-bond donors (Lipinski definition) is 0. The van der Waals surface area contributed by atoms with Crippen LogP contribution in [0, 0.1) is 6.92 Å². The first-order valence-electron chi connectivity index (χ1n) is 7.76. The van der Waals surface area contributed by atoms with E-state index in [2.05, 4.69) is 67.1 Å². The van der Waals surface area contributed by atoms with E-state index in [-0.39, 0.29) is 0 Å². The largest absolute Gasteiger partial charge is 0.220 e. The fraction of sp³-hybridized carbons (Fsp3) is 0.250. The Kier molecular flexibility index (Phi) is 2.81. The highest BCUT2D eigenvalue weighted by atomic mass is 15.0. The van der Waals surface area contributed by atoms with Crippen LogP contribution in [0.15, 0.2) is 48.5 Å². The lowest BCUT2D eigenvalue weighted by Gasteiger charge is -2.12. The molecule has 0 radical (unpaired) electrons. The molecule has 3 aromatic rings. The molecule has 1 nitrogen and oxygen atoms in total. The van der Waals surface area contributed by atoms with E-state index in [0.717, 1.165) is 0 Å². The van der Waals surface area contributed by atoms with Gasteiger partial charge in [0.1, 0.15) is 7.05 Å². The zero-order chi connectivity index (χ0) is 14.4. The second kappa shape index (κ2) is 4.70. The molecule has 2 aromatic carbocycles. The Morgan fingerprint density at radius 3 is 2.38 bits per heavy atom. The average molecular weight is 274 g/mol. The van der Waals surface area contributed by atoms with Crippen LogP contribution in [0.5, 0.6) is 0 Å². The van der Waals surface area contributed by atoms with Gasteiger partial charge in [-0.2, -0.15) is 4.57 Å². The molecule has 1 aromatic heterocycles. The number of pyridine rings is 1. The van der Waals surface area contributed by atoms with Gasteiger partial charge in [0.15, 0.2) is 5.69 Å². The lowest BCUT2D eigenvalue weighted by Crippen LogP contribution is -2.36. The summed E-state index contributed by atoms with van der Waals surface area (Å²) in [6.07, 6.45) is 3.71. The van der Waals surface area contributed by atoms with Gasteiger partial charge in [-0.1, -0.05) is 36.4 Å². The molecule has 21 heavy (non-hydrogen) atoms. The van der Waals surface area contributed by atoms with Gasteiger partial charge in [-0.25, -0.2) is 0 Å². The highest BCUT2D eigenvalue weighted by Gasteiger charge is 2.28. The lowest BCUT2D eigenvalue weighted by atomic mass is 9.96. The molecule has 0 saturated carbocycles. The maximum absolute atomic E-state index is 2.44. The number of hydrogen-bond acceptors (Lipinski definition) is 0. The van der Waals surface area contributed by atoms with Gasteiger partial charge in [0.2, 0.25) is 5.69 Å². The van der Waals surface area contributed by atoms with E-state index in [4.69, 9.17) is 0 Å². The molecule has 104 valence electrons. The molecule has 0 amide bonds. The molecule has 4 rings (SSSR count). The van der Waals surface area contributed by atoms with Crippen LogP contribution in [-0.4, -0.2) is 0 Å². The molecule has 1 heterocycles. The van der Waals surface area contributed by atoms with Gasteiger partial charge in [-0.3, -0.25) is 0 Å². The van der Waals surface area contributed by atoms with Crippen molar-refractivity contribution in [3.8, 4) is 11.3 Å². The maximum Gasteiger partial charge on any atom is 0.220 e. The number of nitrogens with zero attached hydrogens (tertiary/aromatic N) is 1. The standard InChI is InChI=1S/C20H20N/c1-14-8-3-4-9-15(14)20-18-11-6-5-10-16(18)17-12-7-13-19(17)21(20)2/h3-6,8-11H,7,12-13H2,1-2H3/q+1. The van der Waals surface area contributed by atoms with E-state index in [1.54, 1.807) is 5.56 Å². The van der Waals surface area contributed by atoms with Crippen LogP contribution >= 0.6 is 0 Å². The van der Waals surface area contributed by atoms with Gasteiger partial charge in [0, 0.05) is 17.5 Å². The summed E-state index contributed by atoms with van der Waals surface area (Å²) in [5.41, 5.74) is 7.14. The Morgan fingerprint density at radius 2 is 1.57 bits per heavy atom. The van der Waals surface area contributed by atoms with E-state index in [1.165, 1.54) is 52.5 Å². The summed E-state index contributed by atoms with van der Waals surface area (Å²) in [4.78, 5) is 0. The molecule has 0 N–H and O–H groups in total. The summed E-state index contributed by atoms with van der Waals surface area (Å²) in [6, 6.07) is 17.6. The van der Waals surface area contributed by atoms with Crippen LogP contribution in [0.25, 0.3) is 22.0 Å². The smallest absolute Gasteiger partial charge is 0.198 e. The first kappa shape index (κ1) is 12.6. The van der Waals surface area contributed by atoms with Gasteiger partial charge in [-0.05, 0) is 42.8 Å². The van der Waals surface area contributed by atoms with Gasteiger partial charge in [0.25, 0.3) is 0 Å². The van der Waals surface area contributed by atoms with Gasteiger partial charge >= 0.3 is 0 Å². The third-order valence-corrected chi connectivity index (χ3v) is 4.84. The summed E-state index contributed by atoms with van der Waals surface area (Å²) < 4.78 is 2.44. The Labute approximate surface area is 125 Å². The zero-order valence-electron chi connectivity index (χ0n) is 12.7. The number of aryl methyl sites for hydroxylation is 2. The minimum Gasteiger partial charge on any atom is -0.198 e. The molecular formula is C20H20N+. The van der Waals surface area contributed by atoms with Crippen LogP contribution in [0.4, 0.5) is 0 Å². The number of aromatic nitrogens is 1. The normalized spacial score (nSPS) is 13.6. The van der Waals surface area contributed by atoms with Crippen molar-refractivity contribution < 1.29 is 4.57 Å². The quantitative estimate of drug-likeness (QED) is 0.587. The maximum atomic E-state index is 2.44. The van der Waals surface area contributed by atoms with Crippen molar-refractivity contribution in [2.75, 3.05) is 0 Å². The van der Waals surface area contributed by atoms with Crippen molar-refractivity contribution in [3.05, 3.63) is 65.4 Å². The molecule has 1 heteroatoms. The second-order valence-corrected chi connectivity index (χ2v) is 6.05. The van der Waals surface area contributed by atoms with Crippen molar-refractivity contribution in [2.45, 2.75) is 26.2 Å². The molecule has 0 fully saturated rings. The summed E-state index contributed by atoms with van der Waals surface area (Å²) >= 11 is 0. The SMILES string of the molecule is Cc1ccccc1-c1c2ccccc2c2c([n+]1C)CCC2. The molecule has 1 aliphatic carbocycles. The van der Waals surface area contributed by atoms with Gasteiger partial charge < -0.3 is 0 Å². The predicted octanol–water partition coefficient (Wildman–Crippen LogP) is 4.13. The topological polar surface area (TPSA) is 3.88 Å². The number of fused-ring (bicyclic) bond motifs is 3. The molecule has 0 saturated heterocycles. The van der Waals surface area contributed by atoms with Gasteiger partial charge in [-0.15, -0.1) is 0 Å². The van der Waals surface area contributed by atoms with E-state index in [9.17, 15) is 0 Å². The van der Waals surface area contributed by atoms with Crippen LogP contribution < -0.4 is 4.57 Å². The Balaban J connectivity index is 2.17. The average Bonchev–Trinajstić information content (AvgIpc) is 2.99. The minimum absolute atomic E-state index is 1.20. The Hall–Kier alpha value is -2.15. The van der Waals surface area contributed by atoms with Crippen molar-refractivity contribution in [1.29, 1.82) is 0 Å². The molecule has 0 bridgehead atoms.